The summed E-state index contributed by atoms with van der Waals surface area (Å²) in [4.78, 5) is 13.9. The number of carbonyl (C=O) groups is 1. The van der Waals surface area contributed by atoms with Crippen molar-refractivity contribution in [2.75, 3.05) is 37.7 Å². The Bertz CT molecular complexity index is 448. The zero-order valence-corrected chi connectivity index (χ0v) is 13.1. The molecule has 2 unspecified atom stereocenters. The van der Waals surface area contributed by atoms with Crippen molar-refractivity contribution in [3.63, 3.8) is 0 Å². The third-order valence-corrected chi connectivity index (χ3v) is 5.75. The predicted octanol–water partition coefficient (Wildman–Crippen LogP) is -0.680. The molecule has 2 aliphatic rings. The van der Waals surface area contributed by atoms with Gasteiger partial charge in [0.05, 0.1) is 17.6 Å². The van der Waals surface area contributed by atoms with E-state index in [0.717, 1.165) is 25.9 Å². The van der Waals surface area contributed by atoms with Gasteiger partial charge in [0, 0.05) is 19.1 Å². The molecule has 2 amide bonds. The lowest BCUT2D eigenvalue weighted by Crippen LogP contribution is -2.47. The number of β-amino-alcohol motifs (C(OH)–C–C–N with tert-alkyl or cyclic N) is 1. The van der Waals surface area contributed by atoms with Crippen LogP contribution < -0.4 is 10.6 Å². The zero-order valence-electron chi connectivity index (χ0n) is 12.3. The van der Waals surface area contributed by atoms with Gasteiger partial charge in [-0.2, -0.15) is 0 Å². The molecule has 2 atom stereocenters. The van der Waals surface area contributed by atoms with E-state index in [1.54, 1.807) is 0 Å². The SMILES string of the molecule is O=C(NCC(O)CN1CCCCC1)NC1CCS(=O)(=O)C1. The Balaban J connectivity index is 1.62. The summed E-state index contributed by atoms with van der Waals surface area (Å²) in [5.74, 6) is 0.145. The van der Waals surface area contributed by atoms with Gasteiger partial charge in [0.25, 0.3) is 0 Å². The van der Waals surface area contributed by atoms with Gasteiger partial charge in [0.2, 0.25) is 0 Å². The summed E-state index contributed by atoms with van der Waals surface area (Å²) in [5.41, 5.74) is 0. The minimum Gasteiger partial charge on any atom is -0.390 e. The highest BCUT2D eigenvalue weighted by Crippen LogP contribution is 2.11. The van der Waals surface area contributed by atoms with Crippen LogP contribution in [0.5, 0.6) is 0 Å². The lowest BCUT2D eigenvalue weighted by Gasteiger charge is -2.28. The van der Waals surface area contributed by atoms with Crippen molar-refractivity contribution in [2.45, 2.75) is 37.8 Å². The second kappa shape index (κ2) is 7.42. The van der Waals surface area contributed by atoms with Crippen molar-refractivity contribution in [3.8, 4) is 0 Å². The van der Waals surface area contributed by atoms with E-state index in [2.05, 4.69) is 15.5 Å². The summed E-state index contributed by atoms with van der Waals surface area (Å²) < 4.78 is 22.6. The number of nitrogens with zero attached hydrogens (tertiary/aromatic N) is 1. The number of hydrogen-bond donors (Lipinski definition) is 3. The van der Waals surface area contributed by atoms with Gasteiger partial charge < -0.3 is 20.6 Å². The zero-order chi connectivity index (χ0) is 15.3. The van der Waals surface area contributed by atoms with Gasteiger partial charge in [-0.3, -0.25) is 0 Å². The first kappa shape index (κ1) is 16.5. The molecule has 2 saturated heterocycles. The second-order valence-electron chi connectivity index (χ2n) is 5.97. The van der Waals surface area contributed by atoms with Crippen LogP contribution in [0.15, 0.2) is 0 Å². The molecule has 0 bridgehead atoms. The van der Waals surface area contributed by atoms with Crippen LogP contribution in [-0.2, 0) is 9.84 Å². The molecule has 3 N–H and O–H groups in total. The smallest absolute Gasteiger partial charge is 0.315 e. The molecule has 0 radical (unpaired) electrons. The van der Waals surface area contributed by atoms with Gasteiger partial charge in [0.15, 0.2) is 9.84 Å². The highest BCUT2D eigenvalue weighted by molar-refractivity contribution is 7.91. The minimum atomic E-state index is -2.99. The average Bonchev–Trinajstić information content (AvgIpc) is 2.77. The first-order valence-corrected chi connectivity index (χ1v) is 9.42. The van der Waals surface area contributed by atoms with Crippen molar-refractivity contribution in [1.82, 2.24) is 15.5 Å². The van der Waals surface area contributed by atoms with Gasteiger partial charge in [-0.25, -0.2) is 13.2 Å². The fourth-order valence-electron chi connectivity index (χ4n) is 2.86. The van der Waals surface area contributed by atoms with Crippen molar-refractivity contribution < 1.29 is 18.3 Å². The Morgan fingerprint density at radius 1 is 1.29 bits per heavy atom. The molecule has 2 rings (SSSR count). The highest BCUT2D eigenvalue weighted by atomic mass is 32.2. The molecule has 0 saturated carbocycles. The number of hydrogen-bond acceptors (Lipinski definition) is 5. The summed E-state index contributed by atoms with van der Waals surface area (Å²) in [6.07, 6.45) is 3.44. The van der Waals surface area contributed by atoms with E-state index in [0.29, 0.717) is 13.0 Å². The van der Waals surface area contributed by atoms with Gasteiger partial charge >= 0.3 is 6.03 Å². The van der Waals surface area contributed by atoms with Crippen molar-refractivity contribution in [1.29, 1.82) is 0 Å². The normalized spacial score (nSPS) is 27.2. The number of aliphatic hydroxyl groups is 1. The number of rotatable bonds is 5. The first-order valence-electron chi connectivity index (χ1n) is 7.60. The number of likely N-dealkylation sites (tertiary alicyclic amines) is 1. The lowest BCUT2D eigenvalue weighted by atomic mass is 10.1. The van der Waals surface area contributed by atoms with Crippen LogP contribution in [0.2, 0.25) is 0 Å². The average molecular weight is 319 g/mol. The Morgan fingerprint density at radius 2 is 2.00 bits per heavy atom. The van der Waals surface area contributed by atoms with E-state index in [1.807, 2.05) is 0 Å². The standard InChI is InChI=1S/C13H25N3O4S/c17-12(9-16-5-2-1-3-6-16)8-14-13(18)15-11-4-7-21(19,20)10-11/h11-12,17H,1-10H2,(H2,14,15,18). The Morgan fingerprint density at radius 3 is 2.62 bits per heavy atom. The monoisotopic (exact) mass is 319 g/mol. The molecule has 0 aromatic heterocycles. The Kier molecular flexibility index (Phi) is 5.83. The summed E-state index contributed by atoms with van der Waals surface area (Å²) in [6.45, 7) is 2.76. The van der Waals surface area contributed by atoms with Crippen molar-refractivity contribution in [2.24, 2.45) is 0 Å². The molecule has 0 aromatic rings. The molecule has 0 spiro atoms. The summed E-state index contributed by atoms with van der Waals surface area (Å²) in [5, 5.41) is 15.2. The van der Waals surface area contributed by atoms with E-state index in [4.69, 9.17) is 0 Å². The van der Waals surface area contributed by atoms with Crippen LogP contribution in [0.4, 0.5) is 4.79 Å². The number of nitrogens with one attached hydrogen (secondary N) is 2. The largest absolute Gasteiger partial charge is 0.390 e. The third-order valence-electron chi connectivity index (χ3n) is 3.98. The predicted molar refractivity (Wildman–Crippen MR) is 79.9 cm³/mol. The Labute approximate surface area is 126 Å². The van der Waals surface area contributed by atoms with E-state index < -0.39 is 22.0 Å². The van der Waals surface area contributed by atoms with Crippen molar-refractivity contribution in [3.05, 3.63) is 0 Å². The molecule has 0 aliphatic carbocycles. The highest BCUT2D eigenvalue weighted by Gasteiger charge is 2.28. The van der Waals surface area contributed by atoms with Crippen LogP contribution in [0.25, 0.3) is 0 Å². The van der Waals surface area contributed by atoms with Gasteiger partial charge in [-0.1, -0.05) is 6.42 Å². The molecule has 8 heteroatoms. The number of carbonyl (C=O) groups excluding carboxylic acids is 1. The van der Waals surface area contributed by atoms with E-state index in [-0.39, 0.29) is 24.1 Å². The minimum absolute atomic E-state index is 0.0107. The topological polar surface area (TPSA) is 98.7 Å². The fourth-order valence-corrected chi connectivity index (χ4v) is 4.53. The molecular formula is C13H25N3O4S. The van der Waals surface area contributed by atoms with Gasteiger partial charge in [-0.05, 0) is 32.4 Å². The maximum Gasteiger partial charge on any atom is 0.315 e. The summed E-state index contributed by atoms with van der Waals surface area (Å²) in [7, 11) is -2.99. The van der Waals surface area contributed by atoms with Crippen LogP contribution in [0.1, 0.15) is 25.7 Å². The van der Waals surface area contributed by atoms with Crippen molar-refractivity contribution >= 4 is 15.9 Å². The van der Waals surface area contributed by atoms with Crippen LogP contribution >= 0.6 is 0 Å². The molecule has 21 heavy (non-hydrogen) atoms. The third kappa shape index (κ3) is 5.80. The molecule has 122 valence electrons. The van der Waals surface area contributed by atoms with Crippen LogP contribution in [-0.4, -0.2) is 74.3 Å². The van der Waals surface area contributed by atoms with E-state index in [1.165, 1.54) is 6.42 Å². The summed E-state index contributed by atoms with van der Waals surface area (Å²) >= 11 is 0. The maximum atomic E-state index is 11.7. The molecule has 2 heterocycles. The van der Waals surface area contributed by atoms with Crippen LogP contribution in [0.3, 0.4) is 0 Å². The lowest BCUT2D eigenvalue weighted by molar-refractivity contribution is 0.101. The summed E-state index contributed by atoms with van der Waals surface area (Å²) in [6, 6.07) is -0.718. The first-order chi connectivity index (χ1) is 9.94. The second-order valence-corrected chi connectivity index (χ2v) is 8.20. The van der Waals surface area contributed by atoms with Gasteiger partial charge in [0.1, 0.15) is 0 Å². The number of sulfone groups is 1. The molecule has 2 aliphatic heterocycles. The Hall–Kier alpha value is -0.860. The number of amides is 2. The number of urea groups is 1. The van der Waals surface area contributed by atoms with Crippen LogP contribution in [0, 0.1) is 0 Å². The molecule has 7 nitrogen and oxygen atoms in total. The molecule has 2 fully saturated rings. The molecular weight excluding hydrogens is 294 g/mol. The van der Waals surface area contributed by atoms with E-state index in [9.17, 15) is 18.3 Å². The van der Waals surface area contributed by atoms with Gasteiger partial charge in [-0.15, -0.1) is 0 Å². The number of piperidine rings is 1. The van der Waals surface area contributed by atoms with E-state index >= 15 is 0 Å². The number of aliphatic hydroxyl groups excluding tert-OH is 1. The quantitative estimate of drug-likeness (QED) is 0.624. The fraction of sp³-hybridized carbons (Fsp3) is 0.923. The molecule has 0 aromatic carbocycles. The maximum absolute atomic E-state index is 11.7.